The molecule has 0 fully saturated rings. The number of aliphatic hydroxyl groups is 1. The summed E-state index contributed by atoms with van der Waals surface area (Å²) in [5.74, 6) is 0. The molecule has 5 heteroatoms. The minimum Gasteiger partial charge on any atom is -0.389 e. The van der Waals surface area contributed by atoms with E-state index >= 15 is 0 Å². The topological polar surface area (TPSA) is 32.7 Å². The molecule has 17 heavy (non-hydrogen) atoms. The Bertz CT molecular complexity index is 360. The van der Waals surface area contributed by atoms with Crippen molar-refractivity contribution < 1.29 is 9.84 Å². The van der Waals surface area contributed by atoms with Crippen LogP contribution < -0.4 is 0 Å². The minimum absolute atomic E-state index is 0.327. The molecule has 1 aromatic carbocycles. The molecule has 0 spiro atoms. The molecule has 0 saturated carbocycles. The average molecular weight is 278 g/mol. The van der Waals surface area contributed by atoms with E-state index in [-0.39, 0.29) is 0 Å². The summed E-state index contributed by atoms with van der Waals surface area (Å²) in [6, 6.07) is 5.37. The Morgan fingerprint density at radius 3 is 2.76 bits per heavy atom. The van der Waals surface area contributed by atoms with Crippen LogP contribution >= 0.6 is 23.2 Å². The predicted octanol–water partition coefficient (Wildman–Crippen LogP) is 2.43. The number of rotatable bonds is 6. The number of ether oxygens (including phenoxy) is 1. The molecule has 3 nitrogen and oxygen atoms in total. The van der Waals surface area contributed by atoms with Gasteiger partial charge in [0.25, 0.3) is 0 Å². The van der Waals surface area contributed by atoms with E-state index in [0.717, 1.165) is 5.56 Å². The number of methoxy groups -OCH3 is 1. The molecule has 0 amide bonds. The maximum Gasteiger partial charge on any atom is 0.0900 e. The van der Waals surface area contributed by atoms with E-state index in [9.17, 15) is 5.11 Å². The van der Waals surface area contributed by atoms with Crippen LogP contribution in [-0.2, 0) is 11.3 Å². The van der Waals surface area contributed by atoms with Crippen LogP contribution in [0.5, 0.6) is 0 Å². The fourth-order valence-corrected chi connectivity index (χ4v) is 2.00. The first-order chi connectivity index (χ1) is 8.02. The number of nitrogens with zero attached hydrogens (tertiary/aromatic N) is 1. The normalized spacial score (nSPS) is 13.1. The minimum atomic E-state index is -0.497. The van der Waals surface area contributed by atoms with Crippen LogP contribution in [-0.4, -0.2) is 43.4 Å². The van der Waals surface area contributed by atoms with Crippen LogP contribution in [0, 0.1) is 0 Å². The van der Waals surface area contributed by atoms with Gasteiger partial charge >= 0.3 is 0 Å². The van der Waals surface area contributed by atoms with E-state index in [4.69, 9.17) is 27.9 Å². The summed E-state index contributed by atoms with van der Waals surface area (Å²) in [5, 5.41) is 10.9. The zero-order valence-corrected chi connectivity index (χ0v) is 11.5. The van der Waals surface area contributed by atoms with Crippen LogP contribution in [0.1, 0.15) is 5.56 Å². The van der Waals surface area contributed by atoms with Crippen molar-refractivity contribution in [3.8, 4) is 0 Å². The quantitative estimate of drug-likeness (QED) is 0.867. The molecule has 0 aliphatic heterocycles. The van der Waals surface area contributed by atoms with Crippen LogP contribution in [0.2, 0.25) is 10.0 Å². The lowest BCUT2D eigenvalue weighted by Gasteiger charge is -2.20. The molecule has 1 N–H and O–H groups in total. The van der Waals surface area contributed by atoms with Crippen LogP contribution in [0.4, 0.5) is 0 Å². The largest absolute Gasteiger partial charge is 0.389 e. The smallest absolute Gasteiger partial charge is 0.0900 e. The predicted molar refractivity (Wildman–Crippen MR) is 70.7 cm³/mol. The highest BCUT2D eigenvalue weighted by Gasteiger charge is 2.10. The third-order valence-electron chi connectivity index (χ3n) is 2.33. The maximum absolute atomic E-state index is 9.60. The molecular formula is C12H17Cl2NO2. The van der Waals surface area contributed by atoms with Crippen molar-refractivity contribution in [1.29, 1.82) is 0 Å². The highest BCUT2D eigenvalue weighted by Crippen LogP contribution is 2.21. The highest BCUT2D eigenvalue weighted by molar-refractivity contribution is 6.33. The van der Waals surface area contributed by atoms with E-state index in [2.05, 4.69) is 0 Å². The number of hydrogen-bond donors (Lipinski definition) is 1. The molecule has 96 valence electrons. The second-order valence-corrected chi connectivity index (χ2v) is 4.89. The number of hydrogen-bond acceptors (Lipinski definition) is 3. The Labute approximate surface area is 112 Å². The van der Waals surface area contributed by atoms with Gasteiger partial charge in [0.15, 0.2) is 0 Å². The molecule has 0 saturated heterocycles. The van der Waals surface area contributed by atoms with Crippen LogP contribution in [0.25, 0.3) is 0 Å². The van der Waals surface area contributed by atoms with Crippen molar-refractivity contribution in [1.82, 2.24) is 4.90 Å². The maximum atomic E-state index is 9.60. The van der Waals surface area contributed by atoms with Gasteiger partial charge in [0.2, 0.25) is 0 Å². The molecule has 1 aromatic rings. The summed E-state index contributed by atoms with van der Waals surface area (Å²) < 4.78 is 4.87. The Balaban J connectivity index is 2.55. The fraction of sp³-hybridized carbons (Fsp3) is 0.500. The van der Waals surface area contributed by atoms with Crippen molar-refractivity contribution in [3.05, 3.63) is 33.8 Å². The molecule has 1 atom stereocenters. The van der Waals surface area contributed by atoms with Crippen molar-refractivity contribution in [2.24, 2.45) is 0 Å². The molecule has 1 rings (SSSR count). The van der Waals surface area contributed by atoms with Gasteiger partial charge in [0.05, 0.1) is 12.7 Å². The molecular weight excluding hydrogens is 261 g/mol. The number of aliphatic hydroxyl groups excluding tert-OH is 1. The Morgan fingerprint density at radius 2 is 2.12 bits per heavy atom. The molecule has 0 aromatic heterocycles. The zero-order chi connectivity index (χ0) is 12.8. The highest BCUT2D eigenvalue weighted by atomic mass is 35.5. The molecule has 0 aliphatic carbocycles. The summed E-state index contributed by atoms with van der Waals surface area (Å²) in [6.07, 6.45) is -0.497. The Hall–Kier alpha value is -0.320. The van der Waals surface area contributed by atoms with Crippen molar-refractivity contribution in [3.63, 3.8) is 0 Å². The van der Waals surface area contributed by atoms with E-state index in [1.165, 1.54) is 0 Å². The van der Waals surface area contributed by atoms with Gasteiger partial charge in [-0.05, 0) is 30.8 Å². The van der Waals surface area contributed by atoms with Gasteiger partial charge in [-0.2, -0.15) is 0 Å². The van der Waals surface area contributed by atoms with Gasteiger partial charge in [-0.1, -0.05) is 23.2 Å². The summed E-state index contributed by atoms with van der Waals surface area (Å²) >= 11 is 12.0. The monoisotopic (exact) mass is 277 g/mol. The van der Waals surface area contributed by atoms with Crippen molar-refractivity contribution in [2.75, 3.05) is 27.3 Å². The Kier molecular flexibility index (Phi) is 6.23. The molecule has 0 bridgehead atoms. The third-order valence-corrected chi connectivity index (χ3v) is 2.93. The van der Waals surface area contributed by atoms with Crippen LogP contribution in [0.3, 0.4) is 0 Å². The van der Waals surface area contributed by atoms with Gasteiger partial charge < -0.3 is 9.84 Å². The van der Waals surface area contributed by atoms with Gasteiger partial charge in [-0.25, -0.2) is 0 Å². The lowest BCUT2D eigenvalue weighted by Crippen LogP contribution is -2.31. The van der Waals surface area contributed by atoms with Gasteiger partial charge in [-0.3, -0.25) is 4.90 Å². The number of likely N-dealkylation sites (N-methyl/N-ethyl adjacent to an activating group) is 1. The third kappa shape index (κ3) is 5.23. The standard InChI is InChI=1S/C12H17Cl2NO2/c1-15(7-11(16)8-17-2)6-9-5-10(13)3-4-12(9)14/h3-5,11,16H,6-8H2,1-2H3. The first-order valence-corrected chi connectivity index (χ1v) is 6.08. The Morgan fingerprint density at radius 1 is 1.41 bits per heavy atom. The van der Waals surface area contributed by atoms with Crippen molar-refractivity contribution >= 4 is 23.2 Å². The fourth-order valence-electron chi connectivity index (χ4n) is 1.62. The van der Waals surface area contributed by atoms with Gasteiger partial charge in [0.1, 0.15) is 0 Å². The summed E-state index contributed by atoms with van der Waals surface area (Å²) in [7, 11) is 3.48. The van der Waals surface area contributed by atoms with E-state index in [1.54, 1.807) is 19.2 Å². The first kappa shape index (κ1) is 14.7. The van der Waals surface area contributed by atoms with E-state index in [1.807, 2.05) is 18.0 Å². The summed E-state index contributed by atoms with van der Waals surface area (Å²) in [5.41, 5.74) is 0.950. The van der Waals surface area contributed by atoms with Gasteiger partial charge in [-0.15, -0.1) is 0 Å². The lowest BCUT2D eigenvalue weighted by atomic mass is 10.2. The zero-order valence-electron chi connectivity index (χ0n) is 9.99. The van der Waals surface area contributed by atoms with Gasteiger partial charge in [0, 0.05) is 30.2 Å². The summed E-state index contributed by atoms with van der Waals surface area (Å²) in [6.45, 7) is 1.49. The van der Waals surface area contributed by atoms with Crippen molar-refractivity contribution in [2.45, 2.75) is 12.6 Å². The average Bonchev–Trinajstić information content (AvgIpc) is 2.23. The van der Waals surface area contributed by atoms with E-state index < -0.39 is 6.10 Å². The molecule has 1 unspecified atom stereocenters. The molecule has 0 aliphatic rings. The molecule has 0 radical (unpaired) electrons. The number of halogens is 2. The lowest BCUT2D eigenvalue weighted by molar-refractivity contribution is 0.0419. The second-order valence-electron chi connectivity index (χ2n) is 4.04. The molecule has 0 heterocycles. The summed E-state index contributed by atoms with van der Waals surface area (Å²) in [4.78, 5) is 1.97. The first-order valence-electron chi connectivity index (χ1n) is 5.32. The number of benzene rings is 1. The van der Waals surface area contributed by atoms with Crippen LogP contribution in [0.15, 0.2) is 18.2 Å². The van der Waals surface area contributed by atoms with E-state index in [0.29, 0.717) is 29.7 Å². The SMILES string of the molecule is COCC(O)CN(C)Cc1cc(Cl)ccc1Cl. The second kappa shape index (κ2) is 7.19.